The average Bonchev–Trinajstić information content (AvgIpc) is 2.89. The Hall–Kier alpha value is -2.38. The van der Waals surface area contributed by atoms with Gasteiger partial charge in [-0.15, -0.1) is 0 Å². The number of imidazole rings is 1. The summed E-state index contributed by atoms with van der Waals surface area (Å²) in [6.07, 6.45) is 1.33. The van der Waals surface area contributed by atoms with Crippen LogP contribution in [-0.2, 0) is 13.6 Å². The second kappa shape index (κ2) is 5.68. The van der Waals surface area contributed by atoms with Gasteiger partial charge in [-0.05, 0) is 18.2 Å². The molecule has 9 heteroatoms. The lowest BCUT2D eigenvalue weighted by molar-refractivity contribution is 0.0973. The van der Waals surface area contributed by atoms with Crippen molar-refractivity contribution in [3.63, 3.8) is 0 Å². The number of hydrogen-bond acceptors (Lipinski definition) is 4. The van der Waals surface area contributed by atoms with Crippen molar-refractivity contribution in [3.8, 4) is 0 Å². The molecular weight excluding hydrogens is 343 g/mol. The Bertz CT molecular complexity index is 1050. The minimum atomic E-state index is -0.598. The lowest BCUT2D eigenvalue weighted by Gasteiger charge is -2.08. The van der Waals surface area contributed by atoms with Crippen molar-refractivity contribution in [3.05, 3.63) is 61.0 Å². The number of carbonyl (C=O) groups is 1. The molecule has 0 atom stereocenters. The fourth-order valence-corrected chi connectivity index (χ4v) is 2.81. The fraction of sp³-hybridized carbons (Fsp3) is 0.143. The van der Waals surface area contributed by atoms with Crippen molar-refractivity contribution < 1.29 is 4.79 Å². The molecule has 0 spiro atoms. The molecule has 0 amide bonds. The number of nitrogens with zero attached hydrogens (tertiary/aromatic N) is 3. The van der Waals surface area contributed by atoms with Crippen LogP contribution in [0.15, 0.2) is 34.1 Å². The normalized spacial score (nSPS) is 11.1. The van der Waals surface area contributed by atoms with Gasteiger partial charge in [-0.25, -0.2) is 9.78 Å². The van der Waals surface area contributed by atoms with Crippen molar-refractivity contribution in [2.75, 3.05) is 0 Å². The van der Waals surface area contributed by atoms with Crippen LogP contribution >= 0.6 is 23.2 Å². The number of nitrogens with one attached hydrogen (secondary N) is 1. The fourth-order valence-electron chi connectivity index (χ4n) is 2.30. The Balaban J connectivity index is 2.07. The number of hydrogen-bond donors (Lipinski definition) is 1. The summed E-state index contributed by atoms with van der Waals surface area (Å²) in [5, 5.41) is 0.659. The van der Waals surface area contributed by atoms with Crippen molar-refractivity contribution in [1.29, 1.82) is 0 Å². The first-order chi connectivity index (χ1) is 10.9. The van der Waals surface area contributed by atoms with Crippen LogP contribution in [0.3, 0.4) is 0 Å². The van der Waals surface area contributed by atoms with E-state index in [2.05, 4.69) is 9.97 Å². The van der Waals surface area contributed by atoms with E-state index in [4.69, 9.17) is 23.2 Å². The molecule has 118 valence electrons. The van der Waals surface area contributed by atoms with E-state index in [1.54, 1.807) is 6.07 Å². The molecule has 7 nitrogen and oxygen atoms in total. The lowest BCUT2D eigenvalue weighted by atomic mass is 10.1. The van der Waals surface area contributed by atoms with Crippen molar-refractivity contribution in [2.45, 2.75) is 6.54 Å². The Morgan fingerprint density at radius 2 is 2.04 bits per heavy atom. The predicted molar refractivity (Wildman–Crippen MR) is 86.4 cm³/mol. The molecule has 0 saturated heterocycles. The largest absolute Gasteiger partial charge is 0.329 e. The van der Waals surface area contributed by atoms with E-state index in [9.17, 15) is 14.4 Å². The van der Waals surface area contributed by atoms with Crippen LogP contribution < -0.4 is 11.2 Å². The highest BCUT2D eigenvalue weighted by Crippen LogP contribution is 2.22. The zero-order chi connectivity index (χ0) is 16.7. The van der Waals surface area contributed by atoms with Crippen LogP contribution in [0.1, 0.15) is 10.4 Å². The van der Waals surface area contributed by atoms with Crippen LogP contribution in [-0.4, -0.2) is 24.9 Å². The standard InChI is InChI=1S/C14H10Cl2N4O3/c1-19-13-11(12(22)18-14(19)23)17-6-20(13)5-10(21)8-3-2-7(15)4-9(8)16/h2-4,6H,5H2,1H3,(H,18,22,23). The highest BCUT2D eigenvalue weighted by atomic mass is 35.5. The molecule has 0 radical (unpaired) electrons. The summed E-state index contributed by atoms with van der Waals surface area (Å²) in [6, 6.07) is 4.56. The van der Waals surface area contributed by atoms with Gasteiger partial charge >= 0.3 is 5.69 Å². The number of rotatable bonds is 3. The summed E-state index contributed by atoms with van der Waals surface area (Å²) < 4.78 is 2.65. The maximum Gasteiger partial charge on any atom is 0.329 e. The van der Waals surface area contributed by atoms with Crippen molar-refractivity contribution in [1.82, 2.24) is 19.1 Å². The smallest absolute Gasteiger partial charge is 0.309 e. The zero-order valence-electron chi connectivity index (χ0n) is 11.8. The van der Waals surface area contributed by atoms with Crippen LogP contribution in [0.4, 0.5) is 0 Å². The number of aryl methyl sites for hydroxylation is 1. The van der Waals surface area contributed by atoms with Gasteiger partial charge < -0.3 is 4.57 Å². The molecule has 3 rings (SSSR count). The minimum Gasteiger partial charge on any atom is -0.309 e. The molecule has 1 aromatic carbocycles. The molecule has 23 heavy (non-hydrogen) atoms. The Morgan fingerprint density at radius 3 is 2.74 bits per heavy atom. The van der Waals surface area contributed by atoms with E-state index in [-0.39, 0.29) is 28.5 Å². The Kier molecular flexibility index (Phi) is 3.83. The summed E-state index contributed by atoms with van der Waals surface area (Å²) in [4.78, 5) is 42.0. The Morgan fingerprint density at radius 1 is 1.30 bits per heavy atom. The highest BCUT2D eigenvalue weighted by Gasteiger charge is 2.16. The molecule has 1 N–H and O–H groups in total. The number of Topliss-reactive ketones (excluding diaryl/α,β-unsaturated/α-hetero) is 1. The van der Waals surface area contributed by atoms with E-state index in [0.29, 0.717) is 10.6 Å². The first-order valence-corrected chi connectivity index (χ1v) is 7.26. The molecule has 0 unspecified atom stereocenters. The molecule has 0 aliphatic heterocycles. The van der Waals surface area contributed by atoms with E-state index in [1.807, 2.05) is 0 Å². The number of fused-ring (bicyclic) bond motifs is 1. The van der Waals surface area contributed by atoms with Gasteiger partial charge in [0.2, 0.25) is 0 Å². The van der Waals surface area contributed by atoms with Crippen LogP contribution in [0.25, 0.3) is 11.2 Å². The number of aromatic amines is 1. The highest BCUT2D eigenvalue weighted by molar-refractivity contribution is 6.36. The third-order valence-corrected chi connectivity index (χ3v) is 3.96. The number of benzene rings is 1. The van der Waals surface area contributed by atoms with Gasteiger partial charge in [0.15, 0.2) is 11.3 Å². The monoisotopic (exact) mass is 352 g/mol. The maximum atomic E-state index is 12.4. The van der Waals surface area contributed by atoms with E-state index >= 15 is 0 Å². The number of aromatic nitrogens is 4. The van der Waals surface area contributed by atoms with Crippen LogP contribution in [0.5, 0.6) is 0 Å². The van der Waals surface area contributed by atoms with Gasteiger partial charge in [-0.2, -0.15) is 0 Å². The quantitative estimate of drug-likeness (QED) is 0.725. The molecule has 2 aromatic heterocycles. The van der Waals surface area contributed by atoms with E-state index in [1.165, 1.54) is 34.6 Å². The summed E-state index contributed by atoms with van der Waals surface area (Å²) in [5.41, 5.74) is -0.535. The summed E-state index contributed by atoms with van der Waals surface area (Å²) in [7, 11) is 1.48. The second-order valence-corrected chi connectivity index (χ2v) is 5.75. The predicted octanol–water partition coefficient (Wildman–Crippen LogP) is 1.61. The molecule has 0 bridgehead atoms. The maximum absolute atomic E-state index is 12.4. The van der Waals surface area contributed by atoms with Gasteiger partial charge in [0.1, 0.15) is 5.65 Å². The summed E-state index contributed by atoms with van der Waals surface area (Å²) >= 11 is 11.8. The number of H-pyrrole nitrogens is 1. The van der Waals surface area contributed by atoms with Gasteiger partial charge in [0, 0.05) is 17.6 Å². The van der Waals surface area contributed by atoms with Gasteiger partial charge in [0.05, 0.1) is 17.9 Å². The second-order valence-electron chi connectivity index (χ2n) is 4.91. The number of ketones is 1. The van der Waals surface area contributed by atoms with Gasteiger partial charge in [0.25, 0.3) is 5.56 Å². The molecular formula is C14H10Cl2N4O3. The first kappa shape index (κ1) is 15.5. The first-order valence-electron chi connectivity index (χ1n) is 6.51. The SMILES string of the molecule is Cn1c(=O)[nH]c(=O)c2ncn(CC(=O)c3ccc(Cl)cc3Cl)c21. The van der Waals surface area contributed by atoms with E-state index < -0.39 is 11.2 Å². The molecule has 0 aliphatic rings. The number of carbonyl (C=O) groups excluding carboxylic acids is 1. The molecule has 0 fully saturated rings. The molecule has 0 saturated carbocycles. The van der Waals surface area contributed by atoms with Gasteiger partial charge in [-0.3, -0.25) is 19.1 Å². The van der Waals surface area contributed by atoms with Crippen molar-refractivity contribution >= 4 is 40.1 Å². The summed E-state index contributed by atoms with van der Waals surface area (Å²) in [6.45, 7) is -0.116. The number of halogens is 2. The topological polar surface area (TPSA) is 89.8 Å². The van der Waals surface area contributed by atoms with Gasteiger partial charge in [-0.1, -0.05) is 23.2 Å². The minimum absolute atomic E-state index is 0.0853. The zero-order valence-corrected chi connectivity index (χ0v) is 13.4. The lowest BCUT2D eigenvalue weighted by Crippen LogP contribution is -2.29. The molecule has 0 aliphatic carbocycles. The molecule has 3 aromatic rings. The molecule has 2 heterocycles. The van der Waals surface area contributed by atoms with Crippen LogP contribution in [0, 0.1) is 0 Å². The third kappa shape index (κ3) is 2.69. The van der Waals surface area contributed by atoms with Crippen LogP contribution in [0.2, 0.25) is 10.0 Å². The van der Waals surface area contributed by atoms with E-state index in [0.717, 1.165) is 0 Å². The Labute approximate surface area is 139 Å². The third-order valence-electron chi connectivity index (χ3n) is 3.41. The average molecular weight is 353 g/mol. The van der Waals surface area contributed by atoms with Crippen molar-refractivity contribution in [2.24, 2.45) is 7.05 Å². The summed E-state index contributed by atoms with van der Waals surface area (Å²) in [5.74, 6) is -0.293.